The van der Waals surface area contributed by atoms with Gasteiger partial charge in [-0.1, -0.05) is 30.3 Å². The van der Waals surface area contributed by atoms with Crippen LogP contribution in [-0.4, -0.2) is 56.0 Å². The molecule has 0 fully saturated rings. The molecule has 3 aromatic heterocycles. The van der Waals surface area contributed by atoms with Gasteiger partial charge in [0.05, 0.1) is 46.0 Å². The summed E-state index contributed by atoms with van der Waals surface area (Å²) in [6, 6.07) is 15.3. The molecule has 35 heavy (non-hydrogen) atoms. The first-order valence-electron chi connectivity index (χ1n) is 11.1. The van der Waals surface area contributed by atoms with E-state index in [1.54, 1.807) is 43.4 Å². The van der Waals surface area contributed by atoms with Gasteiger partial charge in [-0.2, -0.15) is 0 Å². The molecule has 2 aromatic carbocycles. The van der Waals surface area contributed by atoms with Crippen molar-refractivity contribution in [3.63, 3.8) is 0 Å². The van der Waals surface area contributed by atoms with E-state index in [0.717, 1.165) is 5.56 Å². The largest absolute Gasteiger partial charge is 0.497 e. The number of rotatable bonds is 9. The van der Waals surface area contributed by atoms with Gasteiger partial charge in [0.1, 0.15) is 18.2 Å². The molecule has 0 spiro atoms. The quantitative estimate of drug-likeness (QED) is 0.327. The zero-order chi connectivity index (χ0) is 24.4. The first-order valence-corrected chi connectivity index (χ1v) is 11.1. The van der Waals surface area contributed by atoms with Crippen LogP contribution in [0.5, 0.6) is 11.5 Å². The molecule has 0 saturated heterocycles. The molecule has 0 atom stereocenters. The second-order valence-corrected chi connectivity index (χ2v) is 7.89. The monoisotopic (exact) mass is 475 g/mol. The third-order valence-electron chi connectivity index (χ3n) is 5.75. The highest BCUT2D eigenvalue weighted by atomic mass is 16.5. The number of nitrogens with zero attached hydrogens (tertiary/aromatic N) is 5. The fourth-order valence-corrected chi connectivity index (χ4v) is 4.11. The van der Waals surface area contributed by atoms with Gasteiger partial charge in [0.25, 0.3) is 5.56 Å². The van der Waals surface area contributed by atoms with Crippen molar-refractivity contribution in [2.24, 2.45) is 0 Å². The van der Waals surface area contributed by atoms with Gasteiger partial charge >= 0.3 is 0 Å². The number of benzene rings is 2. The van der Waals surface area contributed by atoms with Crippen molar-refractivity contribution in [3.05, 3.63) is 77.0 Å². The lowest BCUT2D eigenvalue weighted by molar-refractivity contribution is 0.0497. The standard InChI is InChI=1S/C25H25N5O5/c1-33-18-8-9-21(34-2)19(12-18)20-14-30-24(32)22-23(28(15-26-22)16-35-11-10-31)29(25(30)27-20)13-17-6-4-3-5-7-17/h3-9,12,14-15,31H,10-11,13,16H2,1-2H3. The highest BCUT2D eigenvalue weighted by molar-refractivity contribution is 5.76. The lowest BCUT2D eigenvalue weighted by Crippen LogP contribution is -2.20. The fourth-order valence-electron chi connectivity index (χ4n) is 4.11. The van der Waals surface area contributed by atoms with Gasteiger partial charge in [-0.15, -0.1) is 0 Å². The van der Waals surface area contributed by atoms with Crippen LogP contribution in [-0.2, 0) is 18.0 Å². The van der Waals surface area contributed by atoms with Gasteiger partial charge in [-0.05, 0) is 23.8 Å². The molecule has 3 heterocycles. The Balaban J connectivity index is 1.76. The molecule has 0 bridgehead atoms. The maximum atomic E-state index is 13.5. The van der Waals surface area contributed by atoms with Crippen LogP contribution < -0.4 is 15.0 Å². The number of imidazole rings is 2. The summed E-state index contributed by atoms with van der Waals surface area (Å²) in [5.74, 6) is 1.72. The van der Waals surface area contributed by atoms with Crippen molar-refractivity contribution in [3.8, 4) is 22.8 Å². The predicted octanol–water partition coefficient (Wildman–Crippen LogP) is 2.54. The van der Waals surface area contributed by atoms with Crippen LogP contribution in [0.4, 0.5) is 0 Å². The van der Waals surface area contributed by atoms with E-state index in [2.05, 4.69) is 4.98 Å². The number of hydrogen-bond acceptors (Lipinski definition) is 7. The summed E-state index contributed by atoms with van der Waals surface area (Å²) < 4.78 is 21.6. The van der Waals surface area contributed by atoms with E-state index < -0.39 is 0 Å². The Morgan fingerprint density at radius 2 is 1.89 bits per heavy atom. The van der Waals surface area contributed by atoms with E-state index in [1.807, 2.05) is 41.0 Å². The minimum atomic E-state index is -0.291. The molecule has 1 N–H and O–H groups in total. The van der Waals surface area contributed by atoms with Gasteiger partial charge in [-0.25, -0.2) is 14.4 Å². The van der Waals surface area contributed by atoms with Gasteiger partial charge in [0, 0.05) is 11.8 Å². The van der Waals surface area contributed by atoms with Crippen molar-refractivity contribution in [2.75, 3.05) is 27.4 Å². The molecule has 10 nitrogen and oxygen atoms in total. The first-order chi connectivity index (χ1) is 17.1. The molecule has 10 heteroatoms. The predicted molar refractivity (Wildman–Crippen MR) is 130 cm³/mol. The molecule has 0 aliphatic rings. The smallest absolute Gasteiger partial charge is 0.287 e. The second kappa shape index (κ2) is 9.61. The van der Waals surface area contributed by atoms with Gasteiger partial charge in [0.15, 0.2) is 11.2 Å². The number of ether oxygens (including phenoxy) is 3. The Kier molecular flexibility index (Phi) is 6.21. The lowest BCUT2D eigenvalue weighted by atomic mass is 10.1. The van der Waals surface area contributed by atoms with E-state index in [-0.39, 0.29) is 25.5 Å². The Morgan fingerprint density at radius 1 is 1.06 bits per heavy atom. The lowest BCUT2D eigenvalue weighted by Gasteiger charge is -2.13. The van der Waals surface area contributed by atoms with Crippen LogP contribution in [0.15, 0.2) is 65.8 Å². The Hall–Kier alpha value is -4.15. The summed E-state index contributed by atoms with van der Waals surface area (Å²) in [7, 11) is 3.18. The van der Waals surface area contributed by atoms with Crippen molar-refractivity contribution < 1.29 is 19.3 Å². The van der Waals surface area contributed by atoms with E-state index in [1.165, 1.54) is 4.40 Å². The molecular weight excluding hydrogens is 450 g/mol. The number of fused-ring (bicyclic) bond motifs is 2. The fraction of sp³-hybridized carbons (Fsp3) is 0.240. The highest BCUT2D eigenvalue weighted by Gasteiger charge is 2.20. The van der Waals surface area contributed by atoms with Crippen molar-refractivity contribution in [1.29, 1.82) is 0 Å². The van der Waals surface area contributed by atoms with Crippen LogP contribution in [0, 0.1) is 0 Å². The van der Waals surface area contributed by atoms with Gasteiger partial charge in [0.2, 0.25) is 5.78 Å². The summed E-state index contributed by atoms with van der Waals surface area (Å²) in [6.07, 6.45) is 3.26. The number of aromatic nitrogens is 5. The van der Waals surface area contributed by atoms with Crippen LogP contribution in [0.2, 0.25) is 0 Å². The molecule has 180 valence electrons. The molecule has 0 unspecified atom stereocenters. The minimum Gasteiger partial charge on any atom is -0.497 e. The van der Waals surface area contributed by atoms with E-state index in [0.29, 0.717) is 46.2 Å². The van der Waals surface area contributed by atoms with E-state index in [4.69, 9.17) is 24.3 Å². The zero-order valence-electron chi connectivity index (χ0n) is 19.4. The molecule has 0 radical (unpaired) electrons. The van der Waals surface area contributed by atoms with E-state index >= 15 is 0 Å². The van der Waals surface area contributed by atoms with Crippen molar-refractivity contribution >= 4 is 16.9 Å². The van der Waals surface area contributed by atoms with Crippen LogP contribution in [0.1, 0.15) is 5.56 Å². The number of hydrogen-bond donors (Lipinski definition) is 1. The maximum absolute atomic E-state index is 13.5. The SMILES string of the molecule is COc1ccc(OC)c(-c2cn3c(=O)c4ncn(COCCO)c4n(Cc4ccccc4)c3n2)c1. The molecule has 0 saturated carbocycles. The molecule has 5 rings (SSSR count). The summed E-state index contributed by atoms with van der Waals surface area (Å²) in [4.78, 5) is 22.7. The minimum absolute atomic E-state index is 0.0975. The highest BCUT2D eigenvalue weighted by Crippen LogP contribution is 2.33. The summed E-state index contributed by atoms with van der Waals surface area (Å²) in [5.41, 5.74) is 2.89. The number of aliphatic hydroxyl groups is 1. The number of aliphatic hydroxyl groups excluding tert-OH is 1. The Labute approximate surface area is 200 Å². The van der Waals surface area contributed by atoms with Crippen LogP contribution in [0.25, 0.3) is 28.2 Å². The molecule has 0 aliphatic heterocycles. The van der Waals surface area contributed by atoms with Gasteiger partial charge in [-0.3, -0.25) is 13.9 Å². The Bertz CT molecular complexity index is 1540. The summed E-state index contributed by atoms with van der Waals surface area (Å²) >= 11 is 0. The third kappa shape index (κ3) is 4.13. The normalized spacial score (nSPS) is 11.4. The van der Waals surface area contributed by atoms with E-state index in [9.17, 15) is 4.79 Å². The third-order valence-corrected chi connectivity index (χ3v) is 5.75. The van der Waals surface area contributed by atoms with Crippen molar-refractivity contribution in [2.45, 2.75) is 13.3 Å². The Morgan fingerprint density at radius 3 is 2.63 bits per heavy atom. The van der Waals surface area contributed by atoms with Crippen molar-refractivity contribution in [1.82, 2.24) is 23.5 Å². The summed E-state index contributed by atoms with van der Waals surface area (Å²) in [5, 5.41) is 9.10. The molecule has 0 aliphatic carbocycles. The second-order valence-electron chi connectivity index (χ2n) is 7.89. The molecular formula is C25H25N5O5. The first kappa shape index (κ1) is 22.6. The average molecular weight is 476 g/mol. The average Bonchev–Trinajstić information content (AvgIpc) is 3.53. The van der Waals surface area contributed by atoms with Gasteiger partial charge < -0.3 is 19.3 Å². The topological polar surface area (TPSA) is 105 Å². The molecule has 0 amide bonds. The maximum Gasteiger partial charge on any atom is 0.287 e. The zero-order valence-corrected chi connectivity index (χ0v) is 19.4. The van der Waals surface area contributed by atoms with Crippen LogP contribution >= 0.6 is 0 Å². The number of methoxy groups -OCH3 is 2. The summed E-state index contributed by atoms with van der Waals surface area (Å²) in [6.45, 7) is 0.672. The van der Waals surface area contributed by atoms with Crippen LogP contribution in [0.3, 0.4) is 0 Å². The molecule has 5 aromatic rings.